The number of hydrogen-bond acceptors (Lipinski definition) is 2. The summed E-state index contributed by atoms with van der Waals surface area (Å²) in [5.41, 5.74) is 1.94. The van der Waals surface area contributed by atoms with Crippen LogP contribution in [0.15, 0.2) is 53.6 Å². The van der Waals surface area contributed by atoms with Crippen LogP contribution in [0.1, 0.15) is 11.1 Å². The van der Waals surface area contributed by atoms with Gasteiger partial charge in [-0.05, 0) is 36.8 Å². The molecular weight excluding hydrogens is 198 g/mol. The number of rotatable bonds is 1. The van der Waals surface area contributed by atoms with Crippen molar-refractivity contribution in [1.82, 2.24) is 0 Å². The average molecular weight is 213 g/mol. The van der Waals surface area contributed by atoms with Gasteiger partial charge >= 0.3 is 0 Å². The first-order valence-electron chi connectivity index (χ1n) is 5.29. The molecule has 0 aliphatic heterocycles. The molecule has 0 fully saturated rings. The second-order valence-corrected chi connectivity index (χ2v) is 4.01. The molecule has 0 radical (unpaired) electrons. The van der Waals surface area contributed by atoms with Crippen molar-refractivity contribution in [2.24, 2.45) is 4.99 Å². The third-order valence-electron chi connectivity index (χ3n) is 2.79. The molecule has 1 N–H and O–H groups in total. The molecule has 2 nitrogen and oxygen atoms in total. The van der Waals surface area contributed by atoms with Gasteiger partial charge in [-0.25, -0.2) is 0 Å². The van der Waals surface area contributed by atoms with Gasteiger partial charge < -0.3 is 5.11 Å². The van der Waals surface area contributed by atoms with E-state index in [0.717, 1.165) is 11.3 Å². The Hall–Kier alpha value is -1.67. The minimum absolute atomic E-state index is 0.872. The Bertz CT molecular complexity index is 450. The van der Waals surface area contributed by atoms with E-state index < -0.39 is 5.60 Å². The summed E-state index contributed by atoms with van der Waals surface area (Å²) in [4.78, 5) is 4.05. The van der Waals surface area contributed by atoms with Gasteiger partial charge in [0.15, 0.2) is 0 Å². The first-order chi connectivity index (χ1) is 7.64. The standard InChI is InChI=1S/C14H15NO/c1-11-3-5-12(6-4-11)14(16)9-7-13(15-2)8-10-14/h3-10,16H,1-2H3. The van der Waals surface area contributed by atoms with E-state index in [9.17, 15) is 5.11 Å². The zero-order valence-corrected chi connectivity index (χ0v) is 9.51. The normalized spacial score (nSPS) is 23.6. The Balaban J connectivity index is 2.35. The van der Waals surface area contributed by atoms with E-state index in [4.69, 9.17) is 0 Å². The largest absolute Gasteiger partial charge is 0.377 e. The van der Waals surface area contributed by atoms with E-state index in [2.05, 4.69) is 4.99 Å². The maximum Gasteiger partial charge on any atom is 0.127 e. The molecule has 1 aromatic carbocycles. The van der Waals surface area contributed by atoms with Crippen molar-refractivity contribution in [2.45, 2.75) is 12.5 Å². The minimum atomic E-state index is -0.998. The Morgan fingerprint density at radius 3 is 2.12 bits per heavy atom. The highest BCUT2D eigenvalue weighted by atomic mass is 16.3. The van der Waals surface area contributed by atoms with Gasteiger partial charge in [0.2, 0.25) is 0 Å². The Labute approximate surface area is 95.7 Å². The summed E-state index contributed by atoms with van der Waals surface area (Å²) in [6.07, 6.45) is 7.19. The van der Waals surface area contributed by atoms with Gasteiger partial charge in [0.1, 0.15) is 5.60 Å². The van der Waals surface area contributed by atoms with Crippen LogP contribution >= 0.6 is 0 Å². The van der Waals surface area contributed by atoms with Crippen LogP contribution in [0.4, 0.5) is 0 Å². The van der Waals surface area contributed by atoms with Gasteiger partial charge in [-0.3, -0.25) is 4.99 Å². The fourth-order valence-electron chi connectivity index (χ4n) is 1.70. The zero-order valence-electron chi connectivity index (χ0n) is 9.51. The number of hydrogen-bond donors (Lipinski definition) is 1. The van der Waals surface area contributed by atoms with E-state index >= 15 is 0 Å². The number of allylic oxidation sites excluding steroid dienone is 2. The number of aliphatic hydroxyl groups is 1. The quantitative estimate of drug-likeness (QED) is 0.763. The summed E-state index contributed by atoms with van der Waals surface area (Å²) in [6, 6.07) is 7.88. The van der Waals surface area contributed by atoms with Crippen LogP contribution in [-0.2, 0) is 5.60 Å². The molecule has 0 saturated heterocycles. The highest BCUT2D eigenvalue weighted by Gasteiger charge is 2.24. The molecule has 82 valence electrons. The lowest BCUT2D eigenvalue weighted by molar-refractivity contribution is 0.143. The summed E-state index contributed by atoms with van der Waals surface area (Å²) < 4.78 is 0. The predicted octanol–water partition coefficient (Wildman–Crippen LogP) is 2.38. The zero-order chi connectivity index (χ0) is 11.6. The van der Waals surface area contributed by atoms with Crippen LogP contribution < -0.4 is 0 Å². The van der Waals surface area contributed by atoms with Gasteiger partial charge in [0.05, 0.1) is 5.71 Å². The lowest BCUT2D eigenvalue weighted by Crippen LogP contribution is -2.22. The second kappa shape index (κ2) is 4.06. The maximum atomic E-state index is 10.4. The van der Waals surface area contributed by atoms with Crippen molar-refractivity contribution in [1.29, 1.82) is 0 Å². The predicted molar refractivity (Wildman–Crippen MR) is 66.7 cm³/mol. The molecule has 0 amide bonds. The fourth-order valence-corrected chi connectivity index (χ4v) is 1.70. The second-order valence-electron chi connectivity index (χ2n) is 4.01. The minimum Gasteiger partial charge on any atom is -0.377 e. The first-order valence-corrected chi connectivity index (χ1v) is 5.29. The summed E-state index contributed by atoms with van der Waals surface area (Å²) in [5.74, 6) is 0. The molecule has 0 bridgehead atoms. The summed E-state index contributed by atoms with van der Waals surface area (Å²) in [6.45, 7) is 2.03. The molecule has 16 heavy (non-hydrogen) atoms. The van der Waals surface area contributed by atoms with Crippen LogP contribution in [-0.4, -0.2) is 17.9 Å². The third-order valence-corrected chi connectivity index (χ3v) is 2.79. The summed E-state index contributed by atoms with van der Waals surface area (Å²) >= 11 is 0. The van der Waals surface area contributed by atoms with E-state index in [1.54, 1.807) is 19.2 Å². The number of aliphatic imine (C=N–C) groups is 1. The Morgan fingerprint density at radius 2 is 1.62 bits per heavy atom. The van der Waals surface area contributed by atoms with Gasteiger partial charge in [0.25, 0.3) is 0 Å². The summed E-state index contributed by atoms with van der Waals surface area (Å²) in [5, 5.41) is 10.4. The van der Waals surface area contributed by atoms with Crippen molar-refractivity contribution < 1.29 is 5.11 Å². The van der Waals surface area contributed by atoms with Crippen molar-refractivity contribution in [2.75, 3.05) is 7.05 Å². The lowest BCUT2D eigenvalue weighted by atomic mass is 9.89. The first kappa shape index (κ1) is 10.8. The van der Waals surface area contributed by atoms with Crippen LogP contribution in [0, 0.1) is 6.92 Å². The molecule has 0 saturated carbocycles. The third kappa shape index (κ3) is 1.97. The average Bonchev–Trinajstić information content (AvgIpc) is 2.31. The van der Waals surface area contributed by atoms with Gasteiger partial charge in [-0.15, -0.1) is 0 Å². The van der Waals surface area contributed by atoms with Crippen molar-refractivity contribution in [3.63, 3.8) is 0 Å². The van der Waals surface area contributed by atoms with Gasteiger partial charge in [-0.2, -0.15) is 0 Å². The molecule has 1 aromatic rings. The number of aryl methyl sites for hydroxylation is 1. The molecule has 1 aliphatic rings. The number of benzene rings is 1. The highest BCUT2D eigenvalue weighted by molar-refractivity contribution is 6.05. The Morgan fingerprint density at radius 1 is 1.06 bits per heavy atom. The van der Waals surface area contributed by atoms with E-state index in [1.807, 2.05) is 43.3 Å². The monoisotopic (exact) mass is 213 g/mol. The highest BCUT2D eigenvalue weighted by Crippen LogP contribution is 2.27. The van der Waals surface area contributed by atoms with Crippen LogP contribution in [0.25, 0.3) is 0 Å². The molecule has 0 unspecified atom stereocenters. The molecule has 2 rings (SSSR count). The molecule has 0 spiro atoms. The van der Waals surface area contributed by atoms with Crippen LogP contribution in [0.2, 0.25) is 0 Å². The van der Waals surface area contributed by atoms with E-state index in [0.29, 0.717) is 0 Å². The van der Waals surface area contributed by atoms with Crippen molar-refractivity contribution in [3.8, 4) is 0 Å². The molecule has 0 aromatic heterocycles. The van der Waals surface area contributed by atoms with Crippen molar-refractivity contribution in [3.05, 3.63) is 59.7 Å². The number of nitrogens with zero attached hydrogens (tertiary/aromatic N) is 1. The van der Waals surface area contributed by atoms with Crippen molar-refractivity contribution >= 4 is 5.71 Å². The van der Waals surface area contributed by atoms with E-state index in [-0.39, 0.29) is 0 Å². The SMILES string of the molecule is CN=C1C=CC(O)(c2ccc(C)cc2)C=C1. The Kier molecular flexibility index (Phi) is 2.75. The summed E-state index contributed by atoms with van der Waals surface area (Å²) in [7, 11) is 1.74. The van der Waals surface area contributed by atoms with Crippen LogP contribution in [0.5, 0.6) is 0 Å². The van der Waals surface area contributed by atoms with Crippen LogP contribution in [0.3, 0.4) is 0 Å². The molecule has 2 heteroatoms. The van der Waals surface area contributed by atoms with Gasteiger partial charge in [-0.1, -0.05) is 29.8 Å². The van der Waals surface area contributed by atoms with Gasteiger partial charge in [0, 0.05) is 7.05 Å². The van der Waals surface area contributed by atoms with E-state index in [1.165, 1.54) is 5.56 Å². The topological polar surface area (TPSA) is 32.6 Å². The lowest BCUT2D eigenvalue weighted by Gasteiger charge is -2.23. The fraction of sp³-hybridized carbons (Fsp3) is 0.214. The molecular formula is C14H15NO. The molecule has 1 aliphatic carbocycles. The maximum absolute atomic E-state index is 10.4. The smallest absolute Gasteiger partial charge is 0.127 e. The molecule has 0 atom stereocenters. The molecule has 0 heterocycles.